The third-order valence-electron chi connectivity index (χ3n) is 5.57. The van der Waals surface area contributed by atoms with Crippen LogP contribution in [0.15, 0.2) is 4.90 Å². The molecule has 1 aromatic heterocycles. The highest BCUT2D eigenvalue weighted by molar-refractivity contribution is 7.91. The van der Waals surface area contributed by atoms with Crippen LogP contribution < -0.4 is 10.6 Å². The summed E-state index contributed by atoms with van der Waals surface area (Å²) in [6.45, 7) is 1.87. The van der Waals surface area contributed by atoms with E-state index >= 15 is 0 Å². The molecular formula is C16H24N4O3S. The van der Waals surface area contributed by atoms with Crippen molar-refractivity contribution in [2.24, 2.45) is 0 Å². The first-order valence-corrected chi connectivity index (χ1v) is 10.4. The zero-order valence-corrected chi connectivity index (χ0v) is 14.5. The van der Waals surface area contributed by atoms with Crippen LogP contribution in [0.1, 0.15) is 49.5 Å². The number of hydrogen-bond acceptors (Lipinski definition) is 7. The van der Waals surface area contributed by atoms with Crippen molar-refractivity contribution in [3.63, 3.8) is 0 Å². The van der Waals surface area contributed by atoms with Crippen LogP contribution in [0.2, 0.25) is 0 Å². The van der Waals surface area contributed by atoms with Gasteiger partial charge in [0.15, 0.2) is 9.84 Å². The quantitative estimate of drug-likeness (QED) is 0.729. The molecule has 4 rings (SSSR count). The first-order chi connectivity index (χ1) is 11.5. The minimum atomic E-state index is -3.33. The average Bonchev–Trinajstić information content (AvgIpc) is 2.87. The van der Waals surface area contributed by atoms with Crippen LogP contribution in [0.25, 0.3) is 0 Å². The number of aromatic nitrogens is 2. The molecule has 1 aromatic rings. The third kappa shape index (κ3) is 2.70. The highest BCUT2D eigenvalue weighted by Gasteiger charge is 2.40. The van der Waals surface area contributed by atoms with E-state index in [1.807, 2.05) is 0 Å². The Morgan fingerprint density at radius 3 is 2.62 bits per heavy atom. The van der Waals surface area contributed by atoms with Gasteiger partial charge in [0.1, 0.15) is 16.5 Å². The number of aliphatic hydroxyl groups excluding tert-OH is 1. The van der Waals surface area contributed by atoms with E-state index in [0.717, 1.165) is 51.0 Å². The Morgan fingerprint density at radius 1 is 1.25 bits per heavy atom. The summed E-state index contributed by atoms with van der Waals surface area (Å²) in [4.78, 5) is 9.51. The van der Waals surface area contributed by atoms with Crippen LogP contribution in [0, 0.1) is 0 Å². The fraction of sp³-hybridized carbons (Fsp3) is 0.750. The van der Waals surface area contributed by atoms with Crippen LogP contribution >= 0.6 is 0 Å². The maximum atomic E-state index is 12.4. The summed E-state index contributed by atoms with van der Waals surface area (Å²) in [5.74, 6) is 1.54. The molecule has 3 aliphatic rings. The van der Waals surface area contributed by atoms with E-state index in [1.165, 1.54) is 0 Å². The van der Waals surface area contributed by atoms with Crippen LogP contribution in [-0.4, -0.2) is 54.5 Å². The molecule has 0 amide bonds. The Bertz CT molecular complexity index is 734. The molecule has 3 N–H and O–H groups in total. The van der Waals surface area contributed by atoms with E-state index < -0.39 is 15.4 Å². The first kappa shape index (κ1) is 16.2. The molecule has 24 heavy (non-hydrogen) atoms. The van der Waals surface area contributed by atoms with Gasteiger partial charge in [-0.2, -0.15) is 0 Å². The number of aliphatic hydroxyl groups is 1. The van der Waals surface area contributed by atoms with Gasteiger partial charge in [-0.1, -0.05) is 0 Å². The lowest BCUT2D eigenvalue weighted by Crippen LogP contribution is -2.49. The molecule has 0 radical (unpaired) electrons. The second kappa shape index (κ2) is 5.93. The molecule has 1 saturated carbocycles. The van der Waals surface area contributed by atoms with Gasteiger partial charge in [-0.15, -0.1) is 0 Å². The van der Waals surface area contributed by atoms with Crippen molar-refractivity contribution < 1.29 is 13.5 Å². The minimum absolute atomic E-state index is 0.00545. The standard InChI is InChI=1S/C16H24N4O3S/c21-10-16(5-1-6-16)20-15-13-12(4-9-24(13,22)23)18-14(19-15)11-2-7-17-8-3-11/h11,17,21H,1-10H2,(H,18,19,20). The van der Waals surface area contributed by atoms with Crippen LogP contribution in [-0.2, 0) is 16.3 Å². The molecule has 0 atom stereocenters. The number of anilines is 1. The molecule has 2 fully saturated rings. The van der Waals surface area contributed by atoms with Gasteiger partial charge in [-0.3, -0.25) is 0 Å². The van der Waals surface area contributed by atoms with Crippen molar-refractivity contribution in [1.29, 1.82) is 0 Å². The summed E-state index contributed by atoms with van der Waals surface area (Å²) in [7, 11) is -3.33. The summed E-state index contributed by atoms with van der Waals surface area (Å²) in [6, 6.07) is 0. The molecule has 0 aromatic carbocycles. The molecular weight excluding hydrogens is 328 g/mol. The van der Waals surface area contributed by atoms with E-state index in [-0.39, 0.29) is 23.2 Å². The van der Waals surface area contributed by atoms with E-state index in [0.29, 0.717) is 17.9 Å². The van der Waals surface area contributed by atoms with Crippen molar-refractivity contribution >= 4 is 15.7 Å². The molecule has 2 aliphatic heterocycles. The van der Waals surface area contributed by atoms with Gasteiger partial charge in [0.05, 0.1) is 23.6 Å². The Labute approximate surface area is 142 Å². The van der Waals surface area contributed by atoms with Crippen LogP contribution in [0.4, 0.5) is 5.82 Å². The SMILES string of the molecule is O=S1(=O)CCc2nc(C3CCNCC3)nc(NC3(CO)CCC3)c21. The molecule has 132 valence electrons. The number of nitrogens with one attached hydrogen (secondary N) is 2. The summed E-state index contributed by atoms with van der Waals surface area (Å²) in [5, 5.41) is 16.3. The lowest BCUT2D eigenvalue weighted by atomic mass is 9.77. The Hall–Kier alpha value is -1.25. The summed E-state index contributed by atoms with van der Waals surface area (Å²) in [5.41, 5.74) is 0.222. The number of rotatable bonds is 4. The van der Waals surface area contributed by atoms with Crippen molar-refractivity contribution in [2.45, 2.75) is 54.9 Å². The Kier molecular flexibility index (Phi) is 4.01. The fourth-order valence-corrected chi connectivity index (χ4v) is 5.43. The Balaban J connectivity index is 1.76. The molecule has 3 heterocycles. The average molecular weight is 352 g/mol. The number of sulfone groups is 1. The first-order valence-electron chi connectivity index (χ1n) is 8.76. The molecule has 0 spiro atoms. The summed E-state index contributed by atoms with van der Waals surface area (Å²) in [6.07, 6.45) is 5.11. The number of nitrogens with zero attached hydrogens (tertiary/aromatic N) is 2. The monoisotopic (exact) mass is 352 g/mol. The maximum absolute atomic E-state index is 12.4. The molecule has 0 unspecified atom stereocenters. The van der Waals surface area contributed by atoms with Crippen molar-refractivity contribution in [3.05, 3.63) is 11.5 Å². The molecule has 0 bridgehead atoms. The predicted molar refractivity (Wildman–Crippen MR) is 89.9 cm³/mol. The summed E-state index contributed by atoms with van der Waals surface area (Å²) >= 11 is 0. The van der Waals surface area contributed by atoms with Crippen molar-refractivity contribution in [2.75, 3.05) is 30.8 Å². The Morgan fingerprint density at radius 2 is 2.00 bits per heavy atom. The van der Waals surface area contributed by atoms with E-state index in [2.05, 4.69) is 20.6 Å². The largest absolute Gasteiger partial charge is 0.394 e. The summed E-state index contributed by atoms with van der Waals surface area (Å²) < 4.78 is 24.9. The normalized spacial score (nSPS) is 25.0. The highest BCUT2D eigenvalue weighted by Crippen LogP contribution is 2.39. The number of fused-ring (bicyclic) bond motifs is 1. The number of hydrogen-bond donors (Lipinski definition) is 3. The lowest BCUT2D eigenvalue weighted by molar-refractivity contribution is 0.143. The molecule has 8 heteroatoms. The smallest absolute Gasteiger partial charge is 0.184 e. The topological polar surface area (TPSA) is 104 Å². The predicted octanol–water partition coefficient (Wildman–Crippen LogP) is 0.600. The van der Waals surface area contributed by atoms with E-state index in [9.17, 15) is 13.5 Å². The number of aryl methyl sites for hydroxylation is 1. The zero-order chi connectivity index (χ0) is 16.8. The van der Waals surface area contributed by atoms with Gasteiger partial charge < -0.3 is 15.7 Å². The van der Waals surface area contributed by atoms with Gasteiger partial charge in [0.25, 0.3) is 0 Å². The van der Waals surface area contributed by atoms with E-state index in [4.69, 9.17) is 0 Å². The second-order valence-corrected chi connectivity index (χ2v) is 9.26. The second-order valence-electron chi connectivity index (χ2n) is 7.22. The van der Waals surface area contributed by atoms with Crippen LogP contribution in [0.3, 0.4) is 0 Å². The molecule has 1 saturated heterocycles. The van der Waals surface area contributed by atoms with Gasteiger partial charge in [-0.25, -0.2) is 18.4 Å². The minimum Gasteiger partial charge on any atom is -0.394 e. The lowest BCUT2D eigenvalue weighted by Gasteiger charge is -2.41. The molecule has 1 aliphatic carbocycles. The maximum Gasteiger partial charge on any atom is 0.184 e. The number of piperidine rings is 1. The zero-order valence-electron chi connectivity index (χ0n) is 13.7. The third-order valence-corrected chi connectivity index (χ3v) is 7.37. The van der Waals surface area contributed by atoms with Crippen molar-refractivity contribution in [3.8, 4) is 0 Å². The van der Waals surface area contributed by atoms with Gasteiger partial charge in [0.2, 0.25) is 0 Å². The van der Waals surface area contributed by atoms with Gasteiger partial charge >= 0.3 is 0 Å². The van der Waals surface area contributed by atoms with Gasteiger partial charge in [-0.05, 0) is 45.2 Å². The fourth-order valence-electron chi connectivity index (χ4n) is 3.87. The van der Waals surface area contributed by atoms with Gasteiger partial charge in [0, 0.05) is 12.3 Å². The van der Waals surface area contributed by atoms with E-state index in [1.54, 1.807) is 0 Å². The van der Waals surface area contributed by atoms with Crippen LogP contribution in [0.5, 0.6) is 0 Å². The van der Waals surface area contributed by atoms with Crippen molar-refractivity contribution in [1.82, 2.24) is 15.3 Å². The highest BCUT2D eigenvalue weighted by atomic mass is 32.2. The molecule has 7 nitrogen and oxygen atoms in total.